The number of aryl methyl sites for hydroxylation is 1. The molecular weight excluding hydrogens is 346 g/mol. The maximum absolute atomic E-state index is 12.5. The second kappa shape index (κ2) is 10.7. The van der Waals surface area contributed by atoms with Crippen molar-refractivity contribution < 1.29 is 19.1 Å². The van der Waals surface area contributed by atoms with Gasteiger partial charge in [0, 0.05) is 31.4 Å². The van der Waals surface area contributed by atoms with Crippen LogP contribution in [0.15, 0.2) is 24.3 Å². The highest BCUT2D eigenvalue weighted by atomic mass is 16.5. The van der Waals surface area contributed by atoms with Crippen LogP contribution in [0.4, 0.5) is 5.69 Å². The predicted molar refractivity (Wildman–Crippen MR) is 105 cm³/mol. The van der Waals surface area contributed by atoms with E-state index in [4.69, 9.17) is 4.74 Å². The average molecular weight is 377 g/mol. The molecule has 27 heavy (non-hydrogen) atoms. The van der Waals surface area contributed by atoms with Crippen molar-refractivity contribution >= 4 is 23.4 Å². The maximum atomic E-state index is 12.5. The minimum Gasteiger partial charge on any atom is -0.385 e. The quantitative estimate of drug-likeness (QED) is 0.644. The lowest BCUT2D eigenvalue weighted by Crippen LogP contribution is -2.47. The fraction of sp³-hybridized carbons (Fsp3) is 0.550. The fourth-order valence-electron chi connectivity index (χ4n) is 2.38. The van der Waals surface area contributed by atoms with Crippen LogP contribution in [0.2, 0.25) is 0 Å². The van der Waals surface area contributed by atoms with E-state index in [-0.39, 0.29) is 30.8 Å². The van der Waals surface area contributed by atoms with Crippen LogP contribution in [0.5, 0.6) is 0 Å². The number of nitrogens with one attached hydrogen (secondary N) is 2. The van der Waals surface area contributed by atoms with Gasteiger partial charge in [0.1, 0.15) is 0 Å². The zero-order chi connectivity index (χ0) is 20.4. The molecule has 0 radical (unpaired) electrons. The molecule has 0 bridgehead atoms. The van der Waals surface area contributed by atoms with E-state index in [9.17, 15) is 14.4 Å². The summed E-state index contributed by atoms with van der Waals surface area (Å²) in [6.45, 7) is 8.09. The van der Waals surface area contributed by atoms with Crippen LogP contribution < -0.4 is 10.6 Å². The summed E-state index contributed by atoms with van der Waals surface area (Å²) in [5.74, 6) is -0.804. The van der Waals surface area contributed by atoms with E-state index in [2.05, 4.69) is 10.6 Å². The molecule has 0 atom stereocenters. The third-order valence-electron chi connectivity index (χ3n) is 3.82. The predicted octanol–water partition coefficient (Wildman–Crippen LogP) is 1.96. The molecule has 0 saturated heterocycles. The third-order valence-corrected chi connectivity index (χ3v) is 3.82. The number of nitrogens with zero attached hydrogens (tertiary/aromatic N) is 1. The molecule has 0 aliphatic heterocycles. The Kier molecular flexibility index (Phi) is 8.94. The SMILES string of the molecule is COCCCN(CC(=O)NCC(=O)Nc1ccc(C)cc1)C(=O)C(C)(C)C. The maximum Gasteiger partial charge on any atom is 0.243 e. The van der Waals surface area contributed by atoms with E-state index in [0.29, 0.717) is 25.3 Å². The van der Waals surface area contributed by atoms with Gasteiger partial charge in [0.25, 0.3) is 0 Å². The van der Waals surface area contributed by atoms with E-state index in [1.807, 2.05) is 39.8 Å². The summed E-state index contributed by atoms with van der Waals surface area (Å²) in [4.78, 5) is 38.2. The van der Waals surface area contributed by atoms with Crippen LogP contribution in [0, 0.1) is 12.3 Å². The van der Waals surface area contributed by atoms with Gasteiger partial charge in [-0.25, -0.2) is 0 Å². The molecule has 0 saturated carbocycles. The van der Waals surface area contributed by atoms with Crippen molar-refractivity contribution in [2.75, 3.05) is 38.7 Å². The molecule has 1 rings (SSSR count). The lowest BCUT2D eigenvalue weighted by molar-refractivity contribution is -0.143. The molecule has 0 spiro atoms. The van der Waals surface area contributed by atoms with Crippen molar-refractivity contribution in [2.45, 2.75) is 34.1 Å². The Morgan fingerprint density at radius 3 is 2.26 bits per heavy atom. The Hall–Kier alpha value is -2.41. The van der Waals surface area contributed by atoms with E-state index >= 15 is 0 Å². The molecule has 150 valence electrons. The number of benzene rings is 1. The minimum atomic E-state index is -0.587. The Labute approximate surface area is 161 Å². The van der Waals surface area contributed by atoms with Crippen LogP contribution in [0.1, 0.15) is 32.8 Å². The summed E-state index contributed by atoms with van der Waals surface area (Å²) in [7, 11) is 1.59. The monoisotopic (exact) mass is 377 g/mol. The highest BCUT2D eigenvalue weighted by Gasteiger charge is 2.28. The van der Waals surface area contributed by atoms with Crippen LogP contribution in [0.25, 0.3) is 0 Å². The normalized spacial score (nSPS) is 11.0. The number of carbonyl (C=O) groups excluding carboxylic acids is 3. The zero-order valence-corrected chi connectivity index (χ0v) is 16.9. The Morgan fingerprint density at radius 2 is 1.70 bits per heavy atom. The highest BCUT2D eigenvalue weighted by molar-refractivity contribution is 5.95. The Bertz CT molecular complexity index is 636. The van der Waals surface area contributed by atoms with Gasteiger partial charge in [-0.3, -0.25) is 14.4 Å². The van der Waals surface area contributed by atoms with Gasteiger partial charge in [0.05, 0.1) is 13.1 Å². The van der Waals surface area contributed by atoms with Crippen LogP contribution in [-0.4, -0.2) is 56.0 Å². The molecule has 7 nitrogen and oxygen atoms in total. The molecule has 1 aromatic carbocycles. The fourth-order valence-corrected chi connectivity index (χ4v) is 2.38. The summed E-state index contributed by atoms with van der Waals surface area (Å²) in [5.41, 5.74) is 1.18. The van der Waals surface area contributed by atoms with Crippen LogP contribution in [-0.2, 0) is 19.1 Å². The van der Waals surface area contributed by atoms with E-state index in [1.165, 1.54) is 4.90 Å². The highest BCUT2D eigenvalue weighted by Crippen LogP contribution is 2.17. The van der Waals surface area contributed by atoms with Gasteiger partial charge >= 0.3 is 0 Å². The summed E-state index contributed by atoms with van der Waals surface area (Å²) in [5, 5.41) is 5.28. The number of ether oxygens (including phenoxy) is 1. The molecule has 0 heterocycles. The number of amides is 3. The molecule has 1 aromatic rings. The van der Waals surface area contributed by atoms with Crippen molar-refractivity contribution in [1.29, 1.82) is 0 Å². The molecule has 0 aliphatic carbocycles. The molecule has 0 unspecified atom stereocenters. The van der Waals surface area contributed by atoms with Crippen molar-refractivity contribution in [3.63, 3.8) is 0 Å². The van der Waals surface area contributed by atoms with Gasteiger partial charge in [-0.2, -0.15) is 0 Å². The van der Waals surface area contributed by atoms with Gasteiger partial charge in [0.2, 0.25) is 17.7 Å². The number of hydrogen-bond acceptors (Lipinski definition) is 4. The Morgan fingerprint density at radius 1 is 1.07 bits per heavy atom. The van der Waals surface area contributed by atoms with Gasteiger partial charge in [-0.15, -0.1) is 0 Å². The minimum absolute atomic E-state index is 0.0857. The standard InChI is InChI=1S/C20H31N3O4/c1-15-7-9-16(10-8-15)22-17(24)13-21-18(25)14-23(11-6-12-27-5)19(26)20(2,3)4/h7-10H,6,11-14H2,1-5H3,(H,21,25)(H,22,24). The first-order valence-electron chi connectivity index (χ1n) is 9.05. The second-order valence-electron chi connectivity index (χ2n) is 7.51. The number of methoxy groups -OCH3 is 1. The largest absolute Gasteiger partial charge is 0.385 e. The van der Waals surface area contributed by atoms with Gasteiger partial charge in [-0.1, -0.05) is 38.5 Å². The average Bonchev–Trinajstić information content (AvgIpc) is 2.60. The van der Waals surface area contributed by atoms with E-state index in [1.54, 1.807) is 19.2 Å². The van der Waals surface area contributed by atoms with E-state index < -0.39 is 5.41 Å². The van der Waals surface area contributed by atoms with Crippen molar-refractivity contribution in [3.05, 3.63) is 29.8 Å². The number of anilines is 1. The molecule has 0 aliphatic rings. The van der Waals surface area contributed by atoms with Crippen molar-refractivity contribution in [3.8, 4) is 0 Å². The van der Waals surface area contributed by atoms with Crippen LogP contribution >= 0.6 is 0 Å². The number of carbonyl (C=O) groups is 3. The lowest BCUT2D eigenvalue weighted by Gasteiger charge is -2.29. The Balaban J connectivity index is 2.53. The lowest BCUT2D eigenvalue weighted by atomic mass is 9.94. The van der Waals surface area contributed by atoms with Crippen molar-refractivity contribution in [1.82, 2.24) is 10.2 Å². The second-order valence-corrected chi connectivity index (χ2v) is 7.51. The van der Waals surface area contributed by atoms with E-state index in [0.717, 1.165) is 5.56 Å². The molecular formula is C20H31N3O4. The summed E-state index contributed by atoms with van der Waals surface area (Å²) in [6.07, 6.45) is 0.638. The molecule has 0 fully saturated rings. The third kappa shape index (κ3) is 8.68. The molecule has 7 heteroatoms. The first-order valence-corrected chi connectivity index (χ1v) is 9.05. The number of rotatable bonds is 9. The zero-order valence-electron chi connectivity index (χ0n) is 16.9. The topological polar surface area (TPSA) is 87.7 Å². The van der Waals surface area contributed by atoms with Gasteiger partial charge in [-0.05, 0) is 25.5 Å². The molecule has 3 amide bonds. The van der Waals surface area contributed by atoms with Gasteiger partial charge < -0.3 is 20.3 Å². The van der Waals surface area contributed by atoms with Gasteiger partial charge in [0.15, 0.2) is 0 Å². The van der Waals surface area contributed by atoms with Crippen LogP contribution in [0.3, 0.4) is 0 Å². The smallest absolute Gasteiger partial charge is 0.243 e. The first-order chi connectivity index (χ1) is 12.6. The van der Waals surface area contributed by atoms with Crippen molar-refractivity contribution in [2.24, 2.45) is 5.41 Å². The number of hydrogen-bond donors (Lipinski definition) is 2. The summed E-state index contributed by atoms with van der Waals surface area (Å²) >= 11 is 0. The first kappa shape index (κ1) is 22.6. The summed E-state index contributed by atoms with van der Waals surface area (Å²) < 4.78 is 5.01. The molecule has 2 N–H and O–H groups in total. The summed E-state index contributed by atoms with van der Waals surface area (Å²) in [6, 6.07) is 7.39. The molecule has 0 aromatic heterocycles.